The number of amidine groups is 1. The van der Waals surface area contributed by atoms with Gasteiger partial charge in [0.2, 0.25) is 11.7 Å². The molecular formula is C18H24BFN6O2. The summed E-state index contributed by atoms with van der Waals surface area (Å²) in [4.78, 5) is 14.9. The first-order valence-electron chi connectivity index (χ1n) is 9.34. The molecule has 1 aliphatic heterocycles. The zero-order valence-electron chi connectivity index (χ0n) is 16.3. The Hall–Kier alpha value is -2.75. The number of nitrogens with one attached hydrogen (secondary N) is 3. The van der Waals surface area contributed by atoms with Gasteiger partial charge in [-0.2, -0.15) is 0 Å². The number of hydrogen-bond acceptors (Lipinski definition) is 6. The van der Waals surface area contributed by atoms with Crippen LogP contribution in [0.2, 0.25) is 0 Å². The van der Waals surface area contributed by atoms with E-state index in [9.17, 15) is 9.18 Å². The maximum absolute atomic E-state index is 13.4. The average Bonchev–Trinajstić information content (AvgIpc) is 3.13. The summed E-state index contributed by atoms with van der Waals surface area (Å²) in [5.74, 6) is -0.575. The van der Waals surface area contributed by atoms with E-state index in [2.05, 4.69) is 39.7 Å². The molecule has 148 valence electrons. The molecule has 0 unspecified atom stereocenters. The predicted molar refractivity (Wildman–Crippen MR) is 107 cm³/mol. The minimum atomic E-state index is -0.323. The number of benzene rings is 1. The maximum Gasteiger partial charge on any atom is 0.228 e. The van der Waals surface area contributed by atoms with E-state index >= 15 is 0 Å². The molecule has 0 aliphatic carbocycles. The zero-order chi connectivity index (χ0) is 20.3. The highest BCUT2D eigenvalue weighted by molar-refractivity contribution is 6.32. The third kappa shape index (κ3) is 4.56. The fourth-order valence-electron chi connectivity index (χ4n) is 3.26. The SMILES string of the molecule is Bc1cc(NC(=N)c2nonc2NC(=O)C2CCN(C(C)C)CC2)ccc1F. The van der Waals surface area contributed by atoms with Crippen molar-refractivity contribution in [2.75, 3.05) is 23.7 Å². The van der Waals surface area contributed by atoms with Gasteiger partial charge in [0.25, 0.3) is 0 Å². The minimum absolute atomic E-state index is 0.0925. The fraction of sp³-hybridized carbons (Fsp3) is 0.444. The number of halogens is 1. The van der Waals surface area contributed by atoms with Crippen molar-refractivity contribution < 1.29 is 13.8 Å². The number of piperidine rings is 1. The zero-order valence-corrected chi connectivity index (χ0v) is 16.3. The Balaban J connectivity index is 1.62. The molecular weight excluding hydrogens is 362 g/mol. The van der Waals surface area contributed by atoms with Crippen molar-refractivity contribution >= 4 is 36.6 Å². The van der Waals surface area contributed by atoms with Gasteiger partial charge in [0.15, 0.2) is 11.5 Å². The molecule has 1 fully saturated rings. The summed E-state index contributed by atoms with van der Waals surface area (Å²) < 4.78 is 18.1. The summed E-state index contributed by atoms with van der Waals surface area (Å²) in [6, 6.07) is 4.89. The molecule has 0 saturated carbocycles. The van der Waals surface area contributed by atoms with Gasteiger partial charge in [-0.1, -0.05) is 5.46 Å². The van der Waals surface area contributed by atoms with E-state index < -0.39 is 0 Å². The Bertz CT molecular complexity index is 864. The van der Waals surface area contributed by atoms with Gasteiger partial charge in [-0.3, -0.25) is 10.2 Å². The van der Waals surface area contributed by atoms with E-state index in [0.29, 0.717) is 17.2 Å². The quantitative estimate of drug-likeness (QED) is 0.402. The third-order valence-corrected chi connectivity index (χ3v) is 5.02. The van der Waals surface area contributed by atoms with E-state index in [1.807, 2.05) is 0 Å². The number of anilines is 2. The number of carbonyl (C=O) groups is 1. The van der Waals surface area contributed by atoms with Crippen molar-refractivity contribution in [3.8, 4) is 0 Å². The second-order valence-electron chi connectivity index (χ2n) is 7.32. The van der Waals surface area contributed by atoms with Crippen molar-refractivity contribution in [2.45, 2.75) is 32.7 Å². The number of aromatic nitrogens is 2. The molecule has 0 spiro atoms. The molecule has 3 N–H and O–H groups in total. The van der Waals surface area contributed by atoms with Crippen molar-refractivity contribution in [2.24, 2.45) is 5.92 Å². The summed E-state index contributed by atoms with van der Waals surface area (Å²) in [5.41, 5.74) is 1.08. The predicted octanol–water partition coefficient (Wildman–Crippen LogP) is 0.963. The first-order valence-corrected chi connectivity index (χ1v) is 9.34. The van der Waals surface area contributed by atoms with E-state index in [-0.39, 0.29) is 35.0 Å². The highest BCUT2D eigenvalue weighted by atomic mass is 19.1. The number of carbonyl (C=O) groups excluding carboxylic acids is 1. The van der Waals surface area contributed by atoms with Gasteiger partial charge in [-0.05, 0) is 68.3 Å². The average molecular weight is 386 g/mol. The number of likely N-dealkylation sites (tertiary alicyclic amines) is 1. The summed E-state index contributed by atoms with van der Waals surface area (Å²) in [6.07, 6.45) is 1.55. The number of hydrogen-bond donors (Lipinski definition) is 3. The largest absolute Gasteiger partial charge is 0.339 e. The van der Waals surface area contributed by atoms with Crippen LogP contribution >= 0.6 is 0 Å². The van der Waals surface area contributed by atoms with Gasteiger partial charge in [-0.25, -0.2) is 9.02 Å². The molecule has 2 aromatic rings. The smallest absolute Gasteiger partial charge is 0.228 e. The van der Waals surface area contributed by atoms with E-state index in [1.54, 1.807) is 13.9 Å². The van der Waals surface area contributed by atoms with Crippen LogP contribution in [0, 0.1) is 17.1 Å². The van der Waals surface area contributed by atoms with Crippen molar-refractivity contribution in [1.29, 1.82) is 5.41 Å². The Morgan fingerprint density at radius 1 is 1.32 bits per heavy atom. The molecule has 28 heavy (non-hydrogen) atoms. The molecule has 0 radical (unpaired) electrons. The lowest BCUT2D eigenvalue weighted by atomic mass is 9.95. The van der Waals surface area contributed by atoms with Crippen molar-refractivity contribution in [3.63, 3.8) is 0 Å². The normalized spacial score (nSPS) is 15.6. The lowest BCUT2D eigenvalue weighted by molar-refractivity contribution is -0.121. The molecule has 0 bridgehead atoms. The molecule has 0 atom stereocenters. The first-order chi connectivity index (χ1) is 13.3. The molecule has 2 heterocycles. The summed E-state index contributed by atoms with van der Waals surface area (Å²) in [7, 11) is 1.64. The standard InChI is InChI=1S/C18H24BFN6O2/c1-10(2)26-7-5-11(6-8-26)18(27)23-17-15(24-28-25-17)16(21)22-12-3-4-14(20)13(19)9-12/h3-4,9-11H,5-8,19H2,1-2H3,(H2,21,22)(H,23,25,27). The van der Waals surface area contributed by atoms with Crippen LogP contribution in [0.25, 0.3) is 0 Å². The molecule has 8 nitrogen and oxygen atoms in total. The first kappa shape index (κ1) is 20.0. The Kier molecular flexibility index (Phi) is 6.08. The van der Waals surface area contributed by atoms with Crippen LogP contribution in [0.5, 0.6) is 0 Å². The molecule has 1 saturated heterocycles. The highest BCUT2D eigenvalue weighted by Gasteiger charge is 2.28. The van der Waals surface area contributed by atoms with Crippen LogP contribution in [-0.4, -0.2) is 53.9 Å². The second-order valence-corrected chi connectivity index (χ2v) is 7.32. The van der Waals surface area contributed by atoms with Crippen LogP contribution in [0.3, 0.4) is 0 Å². The molecule has 1 amide bonds. The van der Waals surface area contributed by atoms with Crippen LogP contribution in [-0.2, 0) is 4.79 Å². The molecule has 3 rings (SSSR count). The van der Waals surface area contributed by atoms with E-state index in [4.69, 9.17) is 10.0 Å². The van der Waals surface area contributed by atoms with E-state index in [1.165, 1.54) is 12.1 Å². The Labute approximate surface area is 163 Å². The maximum atomic E-state index is 13.4. The Morgan fingerprint density at radius 3 is 2.68 bits per heavy atom. The fourth-order valence-corrected chi connectivity index (χ4v) is 3.26. The van der Waals surface area contributed by atoms with Crippen LogP contribution in [0.15, 0.2) is 22.8 Å². The van der Waals surface area contributed by atoms with Crippen molar-refractivity contribution in [3.05, 3.63) is 29.7 Å². The molecule has 10 heteroatoms. The minimum Gasteiger partial charge on any atom is -0.339 e. The molecule has 1 aromatic carbocycles. The van der Waals surface area contributed by atoms with Gasteiger partial charge in [0, 0.05) is 17.6 Å². The van der Waals surface area contributed by atoms with Crippen LogP contribution in [0.1, 0.15) is 32.4 Å². The lowest BCUT2D eigenvalue weighted by Crippen LogP contribution is -2.41. The number of rotatable bonds is 5. The third-order valence-electron chi connectivity index (χ3n) is 5.02. The van der Waals surface area contributed by atoms with Crippen LogP contribution < -0.4 is 16.1 Å². The lowest BCUT2D eigenvalue weighted by Gasteiger charge is -2.33. The highest BCUT2D eigenvalue weighted by Crippen LogP contribution is 2.21. The Morgan fingerprint density at radius 2 is 2.04 bits per heavy atom. The van der Waals surface area contributed by atoms with Gasteiger partial charge in [0.05, 0.1) is 0 Å². The summed E-state index contributed by atoms with van der Waals surface area (Å²) >= 11 is 0. The van der Waals surface area contributed by atoms with Gasteiger partial charge in [-0.15, -0.1) is 0 Å². The summed E-state index contributed by atoms with van der Waals surface area (Å²) in [6.45, 7) is 6.05. The number of amides is 1. The monoisotopic (exact) mass is 386 g/mol. The molecule has 1 aromatic heterocycles. The van der Waals surface area contributed by atoms with Crippen molar-refractivity contribution in [1.82, 2.24) is 15.2 Å². The second kappa shape index (κ2) is 8.51. The molecule has 1 aliphatic rings. The van der Waals surface area contributed by atoms with E-state index in [0.717, 1.165) is 25.9 Å². The topological polar surface area (TPSA) is 107 Å². The van der Waals surface area contributed by atoms with Gasteiger partial charge in [0.1, 0.15) is 13.7 Å². The summed E-state index contributed by atoms with van der Waals surface area (Å²) in [5, 5.41) is 21.2. The number of nitrogens with zero attached hydrogens (tertiary/aromatic N) is 3. The van der Waals surface area contributed by atoms with Gasteiger partial charge < -0.3 is 15.5 Å². The van der Waals surface area contributed by atoms with Crippen LogP contribution in [0.4, 0.5) is 15.9 Å². The van der Waals surface area contributed by atoms with Gasteiger partial charge >= 0.3 is 0 Å².